The van der Waals surface area contributed by atoms with Crippen molar-refractivity contribution in [3.63, 3.8) is 0 Å². The summed E-state index contributed by atoms with van der Waals surface area (Å²) >= 11 is 0. The van der Waals surface area contributed by atoms with Crippen LogP contribution in [-0.2, 0) is 7.05 Å². The fourth-order valence-electron chi connectivity index (χ4n) is 2.77. The summed E-state index contributed by atoms with van der Waals surface area (Å²) in [6.45, 7) is 0. The van der Waals surface area contributed by atoms with Gasteiger partial charge in [-0.25, -0.2) is 0 Å². The number of hydrogen-bond donors (Lipinski definition) is 2. The summed E-state index contributed by atoms with van der Waals surface area (Å²) in [5.74, 6) is 0. The minimum absolute atomic E-state index is 0.741. The quantitative estimate of drug-likeness (QED) is 0.517. The Labute approximate surface area is 115 Å². The Balaban J connectivity index is 2.06. The number of aromatic amines is 1. The van der Waals surface area contributed by atoms with Gasteiger partial charge in [0, 0.05) is 40.8 Å². The van der Waals surface area contributed by atoms with Crippen LogP contribution < -0.4 is 5.73 Å². The molecule has 0 fully saturated rings. The molecule has 0 spiro atoms. The number of nitrogens with zero attached hydrogens (tertiary/aromatic N) is 2. The lowest BCUT2D eigenvalue weighted by Crippen LogP contribution is -1.83. The molecule has 4 nitrogen and oxygen atoms in total. The van der Waals surface area contributed by atoms with Crippen molar-refractivity contribution in [2.24, 2.45) is 7.05 Å². The first-order chi connectivity index (χ1) is 9.74. The maximum Gasteiger partial charge on any atom is 0.102 e. The van der Waals surface area contributed by atoms with Crippen LogP contribution in [0.5, 0.6) is 0 Å². The molecule has 20 heavy (non-hydrogen) atoms. The van der Waals surface area contributed by atoms with Gasteiger partial charge in [-0.2, -0.15) is 5.10 Å². The van der Waals surface area contributed by atoms with E-state index in [-0.39, 0.29) is 0 Å². The zero-order valence-electron chi connectivity index (χ0n) is 11.1. The molecule has 0 aliphatic rings. The summed E-state index contributed by atoms with van der Waals surface area (Å²) in [6.07, 6.45) is 2.12. The molecule has 0 atom stereocenters. The number of aromatic nitrogens is 3. The summed E-state index contributed by atoms with van der Waals surface area (Å²) in [6, 6.07) is 14.2. The fraction of sp³-hybridized carbons (Fsp3) is 0.0625. The third-order valence-corrected chi connectivity index (χ3v) is 3.74. The standard InChI is InChI=1S/C16H14N4/c1-20-9-13(11-4-2-3-5-15(11)20)16-12-7-6-10(17)8-14(12)18-19-16/h2-9H,17H2,1H3,(H,18,19). The van der Waals surface area contributed by atoms with Gasteiger partial charge in [0.1, 0.15) is 5.69 Å². The Morgan fingerprint density at radius 2 is 1.95 bits per heavy atom. The van der Waals surface area contributed by atoms with E-state index in [1.54, 1.807) is 0 Å². The molecular formula is C16H14N4. The first kappa shape index (κ1) is 11.1. The van der Waals surface area contributed by atoms with Gasteiger partial charge < -0.3 is 10.3 Å². The number of nitrogens with two attached hydrogens (primary N) is 1. The number of benzene rings is 2. The van der Waals surface area contributed by atoms with E-state index in [1.165, 1.54) is 10.9 Å². The Hall–Kier alpha value is -2.75. The number of nitrogens with one attached hydrogen (secondary N) is 1. The van der Waals surface area contributed by atoms with Gasteiger partial charge in [0.25, 0.3) is 0 Å². The number of fused-ring (bicyclic) bond motifs is 2. The SMILES string of the molecule is Cn1cc(-c2n[nH]c3cc(N)ccc23)c2ccccc21. The Morgan fingerprint density at radius 1 is 1.10 bits per heavy atom. The van der Waals surface area contributed by atoms with Gasteiger partial charge in [-0.3, -0.25) is 5.10 Å². The van der Waals surface area contributed by atoms with Crippen LogP contribution in [0.15, 0.2) is 48.7 Å². The minimum Gasteiger partial charge on any atom is -0.399 e. The van der Waals surface area contributed by atoms with Crippen molar-refractivity contribution in [3.8, 4) is 11.3 Å². The van der Waals surface area contributed by atoms with Crippen LogP contribution in [-0.4, -0.2) is 14.8 Å². The highest BCUT2D eigenvalue weighted by Gasteiger charge is 2.13. The van der Waals surface area contributed by atoms with E-state index in [1.807, 2.05) is 18.2 Å². The van der Waals surface area contributed by atoms with E-state index in [9.17, 15) is 0 Å². The number of hydrogen-bond acceptors (Lipinski definition) is 2. The zero-order chi connectivity index (χ0) is 13.7. The summed E-state index contributed by atoms with van der Waals surface area (Å²) < 4.78 is 2.13. The van der Waals surface area contributed by atoms with Crippen LogP contribution in [0.1, 0.15) is 0 Å². The monoisotopic (exact) mass is 262 g/mol. The lowest BCUT2D eigenvalue weighted by atomic mass is 10.1. The first-order valence-electron chi connectivity index (χ1n) is 6.52. The summed E-state index contributed by atoms with van der Waals surface area (Å²) in [5, 5.41) is 9.84. The maximum atomic E-state index is 5.81. The molecular weight excluding hydrogens is 248 g/mol. The smallest absolute Gasteiger partial charge is 0.102 e. The van der Waals surface area contributed by atoms with Gasteiger partial charge in [0.15, 0.2) is 0 Å². The van der Waals surface area contributed by atoms with E-state index >= 15 is 0 Å². The third-order valence-electron chi connectivity index (χ3n) is 3.74. The summed E-state index contributed by atoms with van der Waals surface area (Å²) in [7, 11) is 2.05. The second-order valence-corrected chi connectivity index (χ2v) is 5.05. The zero-order valence-corrected chi connectivity index (χ0v) is 11.1. The molecule has 3 N–H and O–H groups in total. The lowest BCUT2D eigenvalue weighted by Gasteiger charge is -1.96. The highest BCUT2D eigenvalue weighted by molar-refractivity contribution is 6.03. The van der Waals surface area contributed by atoms with Crippen molar-refractivity contribution < 1.29 is 0 Å². The first-order valence-corrected chi connectivity index (χ1v) is 6.52. The van der Waals surface area contributed by atoms with Crippen LogP contribution >= 0.6 is 0 Å². The number of nitrogen functional groups attached to an aromatic ring is 1. The molecule has 0 saturated carbocycles. The Morgan fingerprint density at radius 3 is 2.85 bits per heavy atom. The highest BCUT2D eigenvalue weighted by Crippen LogP contribution is 2.33. The second kappa shape index (κ2) is 3.87. The molecule has 98 valence electrons. The molecule has 2 aromatic heterocycles. The van der Waals surface area contributed by atoms with Gasteiger partial charge in [-0.05, 0) is 24.3 Å². The van der Waals surface area contributed by atoms with Gasteiger partial charge >= 0.3 is 0 Å². The van der Waals surface area contributed by atoms with Crippen molar-refractivity contribution in [2.45, 2.75) is 0 Å². The molecule has 0 saturated heterocycles. The van der Waals surface area contributed by atoms with Crippen LogP contribution in [0.25, 0.3) is 33.1 Å². The van der Waals surface area contributed by atoms with Gasteiger partial charge in [0.2, 0.25) is 0 Å². The molecule has 0 radical (unpaired) electrons. The number of para-hydroxylation sites is 1. The van der Waals surface area contributed by atoms with Gasteiger partial charge in [0.05, 0.1) is 5.52 Å². The molecule has 0 amide bonds. The molecule has 0 aliphatic heterocycles. The molecule has 0 bridgehead atoms. The summed E-state index contributed by atoms with van der Waals surface area (Å²) in [4.78, 5) is 0. The van der Waals surface area contributed by atoms with Crippen LogP contribution in [0, 0.1) is 0 Å². The number of aryl methyl sites for hydroxylation is 1. The van der Waals surface area contributed by atoms with E-state index in [2.05, 4.69) is 52.3 Å². The van der Waals surface area contributed by atoms with Crippen molar-refractivity contribution in [1.82, 2.24) is 14.8 Å². The van der Waals surface area contributed by atoms with E-state index < -0.39 is 0 Å². The van der Waals surface area contributed by atoms with E-state index in [4.69, 9.17) is 5.73 Å². The topological polar surface area (TPSA) is 59.6 Å². The van der Waals surface area contributed by atoms with Crippen LogP contribution in [0.3, 0.4) is 0 Å². The molecule has 4 heteroatoms. The van der Waals surface area contributed by atoms with Crippen molar-refractivity contribution in [1.29, 1.82) is 0 Å². The van der Waals surface area contributed by atoms with Gasteiger partial charge in [-0.1, -0.05) is 18.2 Å². The van der Waals surface area contributed by atoms with Crippen LogP contribution in [0.2, 0.25) is 0 Å². The van der Waals surface area contributed by atoms with E-state index in [0.717, 1.165) is 27.8 Å². The predicted octanol–water partition coefficient (Wildman–Crippen LogP) is 3.30. The van der Waals surface area contributed by atoms with Crippen molar-refractivity contribution in [3.05, 3.63) is 48.7 Å². The normalized spacial score (nSPS) is 11.4. The maximum absolute atomic E-state index is 5.81. The Bertz CT molecular complexity index is 930. The number of anilines is 1. The Kier molecular flexibility index (Phi) is 2.15. The average molecular weight is 262 g/mol. The summed E-state index contributed by atoms with van der Waals surface area (Å²) in [5.41, 5.74) is 10.8. The molecule has 2 aromatic carbocycles. The molecule has 4 rings (SSSR count). The predicted molar refractivity (Wildman–Crippen MR) is 82.4 cm³/mol. The lowest BCUT2D eigenvalue weighted by molar-refractivity contribution is 0.969. The van der Waals surface area contributed by atoms with Gasteiger partial charge in [-0.15, -0.1) is 0 Å². The van der Waals surface area contributed by atoms with E-state index in [0.29, 0.717) is 0 Å². The average Bonchev–Trinajstić information content (AvgIpc) is 3.00. The molecule has 0 aliphatic carbocycles. The third kappa shape index (κ3) is 1.45. The fourth-order valence-corrected chi connectivity index (χ4v) is 2.77. The largest absolute Gasteiger partial charge is 0.399 e. The number of rotatable bonds is 1. The highest BCUT2D eigenvalue weighted by atomic mass is 15.1. The minimum atomic E-state index is 0.741. The number of H-pyrrole nitrogens is 1. The van der Waals surface area contributed by atoms with Crippen LogP contribution in [0.4, 0.5) is 5.69 Å². The molecule has 4 aromatic rings. The van der Waals surface area contributed by atoms with Crippen molar-refractivity contribution in [2.75, 3.05) is 5.73 Å². The second-order valence-electron chi connectivity index (χ2n) is 5.05. The van der Waals surface area contributed by atoms with Crippen molar-refractivity contribution >= 4 is 27.5 Å². The molecule has 2 heterocycles. The molecule has 0 unspecified atom stereocenters.